The molecule has 0 spiro atoms. The zero-order valence-corrected chi connectivity index (χ0v) is 14.4. The quantitative estimate of drug-likeness (QED) is 0.774. The average Bonchev–Trinajstić information content (AvgIpc) is 3.03. The second kappa shape index (κ2) is 8.48. The SMILES string of the molecule is O=C(O)C(CC(F)F)NC(=O)C1CSCN1C(=O)c1ccc(Cl)cc1. The number of amides is 2. The Morgan fingerprint density at radius 1 is 1.32 bits per heavy atom. The summed E-state index contributed by atoms with van der Waals surface area (Å²) in [5.41, 5.74) is 0.326. The topological polar surface area (TPSA) is 86.7 Å². The van der Waals surface area contributed by atoms with Crippen LogP contribution < -0.4 is 5.32 Å². The monoisotopic (exact) mass is 392 g/mol. The van der Waals surface area contributed by atoms with E-state index in [4.69, 9.17) is 16.7 Å². The van der Waals surface area contributed by atoms with Gasteiger partial charge in [0.1, 0.15) is 12.1 Å². The molecule has 2 N–H and O–H groups in total. The van der Waals surface area contributed by atoms with Crippen molar-refractivity contribution >= 4 is 41.1 Å². The van der Waals surface area contributed by atoms with Crippen molar-refractivity contribution in [3.8, 4) is 0 Å². The van der Waals surface area contributed by atoms with Crippen molar-refractivity contribution in [3.63, 3.8) is 0 Å². The molecule has 2 unspecified atom stereocenters. The molecule has 136 valence electrons. The number of thioether (sulfide) groups is 1. The molecule has 1 saturated heterocycles. The summed E-state index contributed by atoms with van der Waals surface area (Å²) in [4.78, 5) is 37.1. The highest BCUT2D eigenvalue weighted by atomic mass is 35.5. The molecule has 2 atom stereocenters. The molecule has 2 amide bonds. The molecule has 1 aliphatic rings. The number of halogens is 3. The molecule has 1 aliphatic heterocycles. The molecule has 0 radical (unpaired) electrons. The summed E-state index contributed by atoms with van der Waals surface area (Å²) in [7, 11) is 0. The lowest BCUT2D eigenvalue weighted by molar-refractivity contribution is -0.143. The summed E-state index contributed by atoms with van der Waals surface area (Å²) < 4.78 is 24.9. The lowest BCUT2D eigenvalue weighted by Gasteiger charge is -2.24. The highest BCUT2D eigenvalue weighted by Crippen LogP contribution is 2.24. The lowest BCUT2D eigenvalue weighted by Crippen LogP contribution is -2.52. The van der Waals surface area contributed by atoms with Gasteiger partial charge in [0, 0.05) is 22.8 Å². The molecule has 6 nitrogen and oxygen atoms in total. The number of carboxylic acid groups (broad SMARTS) is 1. The minimum atomic E-state index is -2.87. The Morgan fingerprint density at radius 3 is 2.52 bits per heavy atom. The number of carbonyl (C=O) groups excluding carboxylic acids is 2. The first kappa shape index (κ1) is 19.5. The minimum absolute atomic E-state index is 0.242. The normalized spacial score (nSPS) is 18.2. The van der Waals surface area contributed by atoms with Crippen LogP contribution in [0.25, 0.3) is 0 Å². The van der Waals surface area contributed by atoms with Gasteiger partial charge in [-0.3, -0.25) is 9.59 Å². The van der Waals surface area contributed by atoms with Crippen molar-refractivity contribution in [2.45, 2.75) is 24.9 Å². The molecule has 0 aromatic heterocycles. The number of rotatable bonds is 6. The molecule has 25 heavy (non-hydrogen) atoms. The number of carboxylic acids is 1. The van der Waals surface area contributed by atoms with E-state index in [2.05, 4.69) is 5.32 Å². The van der Waals surface area contributed by atoms with Crippen LogP contribution >= 0.6 is 23.4 Å². The smallest absolute Gasteiger partial charge is 0.326 e. The first-order chi connectivity index (χ1) is 11.8. The largest absolute Gasteiger partial charge is 0.480 e. The lowest BCUT2D eigenvalue weighted by atomic mass is 10.1. The molecule has 0 bridgehead atoms. The third-order valence-electron chi connectivity index (χ3n) is 3.57. The molecule has 10 heteroatoms. The molecular formula is C15H15ClF2N2O4S. The Balaban J connectivity index is 2.09. The predicted molar refractivity (Wildman–Crippen MR) is 88.9 cm³/mol. The van der Waals surface area contributed by atoms with Gasteiger partial charge in [-0.2, -0.15) is 0 Å². The zero-order valence-electron chi connectivity index (χ0n) is 12.8. The third kappa shape index (κ3) is 5.05. The van der Waals surface area contributed by atoms with Crippen molar-refractivity contribution < 1.29 is 28.3 Å². The van der Waals surface area contributed by atoms with Gasteiger partial charge in [-0.15, -0.1) is 11.8 Å². The Bertz CT molecular complexity index is 659. The maximum absolute atomic E-state index is 12.5. The summed E-state index contributed by atoms with van der Waals surface area (Å²) >= 11 is 7.09. The van der Waals surface area contributed by atoms with Crippen LogP contribution in [0.1, 0.15) is 16.8 Å². The van der Waals surface area contributed by atoms with Crippen LogP contribution in [0.15, 0.2) is 24.3 Å². The van der Waals surface area contributed by atoms with Crippen LogP contribution in [-0.2, 0) is 9.59 Å². The summed E-state index contributed by atoms with van der Waals surface area (Å²) in [5, 5.41) is 11.5. The van der Waals surface area contributed by atoms with E-state index < -0.39 is 42.7 Å². The zero-order chi connectivity index (χ0) is 18.6. The van der Waals surface area contributed by atoms with Gasteiger partial charge in [-0.05, 0) is 24.3 Å². The maximum Gasteiger partial charge on any atom is 0.326 e. The molecule has 1 heterocycles. The van der Waals surface area contributed by atoms with E-state index in [0.29, 0.717) is 10.6 Å². The summed E-state index contributed by atoms with van der Waals surface area (Å²) in [6, 6.07) is 3.48. The van der Waals surface area contributed by atoms with Crippen molar-refractivity contribution in [2.75, 3.05) is 11.6 Å². The Hall–Kier alpha value is -1.87. The van der Waals surface area contributed by atoms with Crippen LogP contribution in [0.5, 0.6) is 0 Å². The van der Waals surface area contributed by atoms with Crippen molar-refractivity contribution in [1.29, 1.82) is 0 Å². The molecule has 1 aromatic carbocycles. The van der Waals surface area contributed by atoms with Crippen LogP contribution in [0, 0.1) is 0 Å². The second-order valence-electron chi connectivity index (χ2n) is 5.32. The van der Waals surface area contributed by atoms with Crippen molar-refractivity contribution in [1.82, 2.24) is 10.2 Å². The van der Waals surface area contributed by atoms with Gasteiger partial charge in [0.05, 0.1) is 5.88 Å². The van der Waals surface area contributed by atoms with E-state index >= 15 is 0 Å². The standard InChI is InChI=1S/C15H15ClF2N2O4S/c16-9-3-1-8(2-4-9)14(22)20-7-25-6-11(20)13(21)19-10(15(23)24)5-12(17)18/h1-4,10-12H,5-7H2,(H,19,21)(H,23,24). The molecule has 1 fully saturated rings. The predicted octanol–water partition coefficient (Wildman–Crippen LogP) is 2.08. The average molecular weight is 393 g/mol. The third-order valence-corrected chi connectivity index (χ3v) is 4.83. The molecule has 2 rings (SSSR count). The van der Waals surface area contributed by atoms with Crippen LogP contribution in [-0.4, -0.2) is 57.9 Å². The fourth-order valence-electron chi connectivity index (χ4n) is 2.29. The highest BCUT2D eigenvalue weighted by molar-refractivity contribution is 7.99. The summed E-state index contributed by atoms with van der Waals surface area (Å²) in [5.74, 6) is -2.23. The fourth-order valence-corrected chi connectivity index (χ4v) is 3.57. The number of aliphatic carboxylic acids is 1. The second-order valence-corrected chi connectivity index (χ2v) is 6.76. The van der Waals surface area contributed by atoms with Gasteiger partial charge < -0.3 is 15.3 Å². The first-order valence-corrected chi connectivity index (χ1v) is 8.78. The number of benzene rings is 1. The summed E-state index contributed by atoms with van der Waals surface area (Å²) in [6.07, 6.45) is -3.86. The van der Waals surface area contributed by atoms with E-state index in [-0.39, 0.29) is 11.6 Å². The van der Waals surface area contributed by atoms with E-state index in [1.807, 2.05) is 0 Å². The van der Waals surface area contributed by atoms with Crippen molar-refractivity contribution in [3.05, 3.63) is 34.9 Å². The van der Waals surface area contributed by atoms with Gasteiger partial charge in [0.15, 0.2) is 0 Å². The Morgan fingerprint density at radius 2 is 1.96 bits per heavy atom. The fraction of sp³-hybridized carbons (Fsp3) is 0.400. The Kier molecular flexibility index (Phi) is 6.60. The number of nitrogens with zero attached hydrogens (tertiary/aromatic N) is 1. The van der Waals surface area contributed by atoms with E-state index in [0.717, 1.165) is 0 Å². The molecule has 1 aromatic rings. The molecular weight excluding hydrogens is 378 g/mol. The van der Waals surface area contributed by atoms with Crippen LogP contribution in [0.4, 0.5) is 8.78 Å². The number of carbonyl (C=O) groups is 3. The number of nitrogens with one attached hydrogen (secondary N) is 1. The van der Waals surface area contributed by atoms with E-state index in [9.17, 15) is 23.2 Å². The maximum atomic E-state index is 12.5. The molecule has 0 aliphatic carbocycles. The van der Waals surface area contributed by atoms with Gasteiger partial charge in [0.25, 0.3) is 5.91 Å². The number of alkyl halides is 2. The van der Waals surface area contributed by atoms with Crippen molar-refractivity contribution in [2.24, 2.45) is 0 Å². The number of hydrogen-bond donors (Lipinski definition) is 2. The van der Waals surface area contributed by atoms with Crippen LogP contribution in [0.3, 0.4) is 0 Å². The van der Waals surface area contributed by atoms with Gasteiger partial charge in [-0.1, -0.05) is 11.6 Å². The minimum Gasteiger partial charge on any atom is -0.480 e. The highest BCUT2D eigenvalue weighted by Gasteiger charge is 2.37. The number of hydrogen-bond acceptors (Lipinski definition) is 4. The molecule has 0 saturated carbocycles. The van der Waals surface area contributed by atoms with E-state index in [1.165, 1.54) is 40.9 Å². The van der Waals surface area contributed by atoms with Crippen LogP contribution in [0.2, 0.25) is 5.02 Å². The van der Waals surface area contributed by atoms with Gasteiger partial charge in [-0.25, -0.2) is 13.6 Å². The van der Waals surface area contributed by atoms with E-state index in [1.54, 1.807) is 0 Å². The van der Waals surface area contributed by atoms with Gasteiger partial charge in [0.2, 0.25) is 12.3 Å². The summed E-state index contributed by atoms with van der Waals surface area (Å²) in [6.45, 7) is 0. The van der Waals surface area contributed by atoms with Gasteiger partial charge >= 0.3 is 5.97 Å². The first-order valence-electron chi connectivity index (χ1n) is 7.25. The Labute approximate surface area is 151 Å².